The third-order valence-electron chi connectivity index (χ3n) is 2.54. The number of benzene rings is 1. The Bertz CT molecular complexity index is 660. The van der Waals surface area contributed by atoms with Crippen molar-refractivity contribution in [3.05, 3.63) is 35.5 Å². The second kappa shape index (κ2) is 5.47. The molecule has 2 N–H and O–H groups in total. The Balaban J connectivity index is 2.38. The summed E-state index contributed by atoms with van der Waals surface area (Å²) in [5.41, 5.74) is 5.01. The van der Waals surface area contributed by atoms with Gasteiger partial charge in [-0.25, -0.2) is 4.98 Å². The van der Waals surface area contributed by atoms with E-state index in [4.69, 9.17) is 15.2 Å². The van der Waals surface area contributed by atoms with Crippen molar-refractivity contribution in [2.24, 2.45) is 0 Å². The van der Waals surface area contributed by atoms with Crippen LogP contribution in [0.5, 0.6) is 17.4 Å². The topological polar surface area (TPSA) is 70.3 Å². The SMILES string of the molecule is COc1cc(C)ccc1Oc1cc(C(F)(F)F)nc(N)n1. The van der Waals surface area contributed by atoms with Crippen LogP contribution in [-0.2, 0) is 6.18 Å². The highest BCUT2D eigenvalue weighted by Crippen LogP contribution is 2.34. The highest BCUT2D eigenvalue weighted by Gasteiger charge is 2.34. The Hall–Kier alpha value is -2.51. The van der Waals surface area contributed by atoms with Gasteiger partial charge in [0, 0.05) is 6.07 Å². The van der Waals surface area contributed by atoms with E-state index in [2.05, 4.69) is 9.97 Å². The second-order valence-electron chi connectivity index (χ2n) is 4.20. The number of aromatic nitrogens is 2. The molecule has 1 heterocycles. The molecule has 0 bridgehead atoms. The first-order valence-electron chi connectivity index (χ1n) is 5.84. The summed E-state index contributed by atoms with van der Waals surface area (Å²) in [5, 5.41) is 0. The number of aryl methyl sites for hydroxylation is 1. The standard InChI is InChI=1S/C13H12F3N3O2/c1-7-3-4-8(9(5-7)20-2)21-11-6-10(13(14,15)16)18-12(17)19-11/h3-6H,1-2H3,(H2,17,18,19). The van der Waals surface area contributed by atoms with Crippen molar-refractivity contribution in [2.75, 3.05) is 12.8 Å². The summed E-state index contributed by atoms with van der Waals surface area (Å²) < 4.78 is 48.4. The summed E-state index contributed by atoms with van der Waals surface area (Å²) in [5.74, 6) is -0.224. The molecule has 1 aromatic carbocycles. The number of nitrogen functional groups attached to an aromatic ring is 1. The minimum Gasteiger partial charge on any atom is -0.493 e. The van der Waals surface area contributed by atoms with Crippen LogP contribution in [0.2, 0.25) is 0 Å². The lowest BCUT2D eigenvalue weighted by atomic mass is 10.2. The van der Waals surface area contributed by atoms with Gasteiger partial charge in [0.2, 0.25) is 11.8 Å². The molecule has 21 heavy (non-hydrogen) atoms. The zero-order chi connectivity index (χ0) is 15.6. The third-order valence-corrected chi connectivity index (χ3v) is 2.54. The fraction of sp³-hybridized carbons (Fsp3) is 0.231. The van der Waals surface area contributed by atoms with Crippen LogP contribution in [0, 0.1) is 6.92 Å². The number of ether oxygens (including phenoxy) is 2. The highest BCUT2D eigenvalue weighted by atomic mass is 19.4. The number of hydrogen-bond donors (Lipinski definition) is 1. The summed E-state index contributed by atoms with van der Waals surface area (Å²) in [6.45, 7) is 1.84. The van der Waals surface area contributed by atoms with E-state index in [-0.39, 0.29) is 11.6 Å². The zero-order valence-electron chi connectivity index (χ0n) is 11.2. The highest BCUT2D eigenvalue weighted by molar-refractivity contribution is 5.44. The lowest BCUT2D eigenvalue weighted by Gasteiger charge is -2.12. The maximum Gasteiger partial charge on any atom is 0.433 e. The van der Waals surface area contributed by atoms with Crippen molar-refractivity contribution in [1.29, 1.82) is 0 Å². The molecule has 0 amide bonds. The van der Waals surface area contributed by atoms with E-state index >= 15 is 0 Å². The molecule has 0 spiro atoms. The van der Waals surface area contributed by atoms with Gasteiger partial charge in [-0.05, 0) is 24.6 Å². The van der Waals surface area contributed by atoms with Gasteiger partial charge in [0.05, 0.1) is 7.11 Å². The molecule has 0 saturated heterocycles. The lowest BCUT2D eigenvalue weighted by molar-refractivity contribution is -0.141. The molecule has 0 aliphatic heterocycles. The number of rotatable bonds is 3. The Morgan fingerprint density at radius 2 is 1.81 bits per heavy atom. The van der Waals surface area contributed by atoms with Crippen LogP contribution in [0.3, 0.4) is 0 Å². The fourth-order valence-electron chi connectivity index (χ4n) is 1.61. The lowest BCUT2D eigenvalue weighted by Crippen LogP contribution is -2.11. The van der Waals surface area contributed by atoms with Crippen molar-refractivity contribution in [2.45, 2.75) is 13.1 Å². The summed E-state index contributed by atoms with van der Waals surface area (Å²) in [6, 6.07) is 5.66. The minimum atomic E-state index is -4.63. The van der Waals surface area contributed by atoms with Gasteiger partial charge >= 0.3 is 6.18 Å². The largest absolute Gasteiger partial charge is 0.493 e. The number of hydrogen-bond acceptors (Lipinski definition) is 5. The van der Waals surface area contributed by atoms with Crippen LogP contribution >= 0.6 is 0 Å². The molecule has 8 heteroatoms. The fourth-order valence-corrected chi connectivity index (χ4v) is 1.61. The molecular weight excluding hydrogens is 287 g/mol. The molecule has 0 fully saturated rings. The van der Waals surface area contributed by atoms with Crippen molar-refractivity contribution in [1.82, 2.24) is 9.97 Å². The first kappa shape index (κ1) is 14.9. The Morgan fingerprint density at radius 3 is 2.43 bits per heavy atom. The smallest absolute Gasteiger partial charge is 0.433 e. The predicted octanol–water partition coefficient (Wildman–Crippen LogP) is 3.19. The first-order chi connectivity index (χ1) is 9.79. The molecule has 2 rings (SSSR count). The van der Waals surface area contributed by atoms with Crippen LogP contribution in [0.1, 0.15) is 11.3 Å². The van der Waals surface area contributed by atoms with Crippen molar-refractivity contribution < 1.29 is 22.6 Å². The van der Waals surface area contributed by atoms with Crippen LogP contribution in [0.15, 0.2) is 24.3 Å². The van der Waals surface area contributed by atoms with E-state index in [1.165, 1.54) is 7.11 Å². The Kier molecular flexibility index (Phi) is 3.88. The van der Waals surface area contributed by atoms with Crippen molar-refractivity contribution >= 4 is 5.95 Å². The quantitative estimate of drug-likeness (QED) is 0.942. The van der Waals surface area contributed by atoms with Gasteiger partial charge in [0.1, 0.15) is 0 Å². The van der Waals surface area contributed by atoms with Crippen LogP contribution in [-0.4, -0.2) is 17.1 Å². The Morgan fingerprint density at radius 1 is 1.10 bits per heavy atom. The van der Waals surface area contributed by atoms with E-state index < -0.39 is 17.8 Å². The van der Waals surface area contributed by atoms with Gasteiger partial charge in [0.15, 0.2) is 17.2 Å². The normalized spacial score (nSPS) is 11.3. The van der Waals surface area contributed by atoms with E-state index in [9.17, 15) is 13.2 Å². The summed E-state index contributed by atoms with van der Waals surface area (Å²) in [6.07, 6.45) is -4.63. The number of nitrogens with zero attached hydrogens (tertiary/aromatic N) is 2. The number of methoxy groups -OCH3 is 1. The molecule has 0 unspecified atom stereocenters. The Labute approximate surface area is 118 Å². The minimum absolute atomic E-state index is 0.231. The number of halogens is 3. The molecule has 5 nitrogen and oxygen atoms in total. The maximum atomic E-state index is 12.7. The molecule has 0 aliphatic carbocycles. The van der Waals surface area contributed by atoms with E-state index in [1.807, 2.05) is 6.92 Å². The molecule has 1 aromatic heterocycles. The number of alkyl halides is 3. The molecule has 0 radical (unpaired) electrons. The average molecular weight is 299 g/mol. The summed E-state index contributed by atoms with van der Waals surface area (Å²) in [4.78, 5) is 6.76. The molecule has 0 atom stereocenters. The van der Waals surface area contributed by atoms with E-state index in [1.54, 1.807) is 18.2 Å². The predicted molar refractivity (Wildman–Crippen MR) is 69.3 cm³/mol. The average Bonchev–Trinajstić information content (AvgIpc) is 2.39. The van der Waals surface area contributed by atoms with Crippen molar-refractivity contribution in [3.8, 4) is 17.4 Å². The van der Waals surface area contributed by atoms with Gasteiger partial charge in [-0.2, -0.15) is 18.2 Å². The second-order valence-corrected chi connectivity index (χ2v) is 4.20. The van der Waals surface area contributed by atoms with E-state index in [0.717, 1.165) is 5.56 Å². The summed E-state index contributed by atoms with van der Waals surface area (Å²) >= 11 is 0. The molecule has 2 aromatic rings. The van der Waals surface area contributed by atoms with Gasteiger partial charge in [0.25, 0.3) is 0 Å². The van der Waals surface area contributed by atoms with Crippen LogP contribution < -0.4 is 15.2 Å². The van der Waals surface area contributed by atoms with Gasteiger partial charge in [-0.3, -0.25) is 0 Å². The molecule has 112 valence electrons. The first-order valence-corrected chi connectivity index (χ1v) is 5.84. The van der Waals surface area contributed by atoms with Gasteiger partial charge in [-0.1, -0.05) is 6.07 Å². The maximum absolute atomic E-state index is 12.7. The van der Waals surface area contributed by atoms with Gasteiger partial charge in [-0.15, -0.1) is 0 Å². The van der Waals surface area contributed by atoms with E-state index in [0.29, 0.717) is 11.8 Å². The zero-order valence-corrected chi connectivity index (χ0v) is 11.2. The monoisotopic (exact) mass is 299 g/mol. The van der Waals surface area contributed by atoms with Gasteiger partial charge < -0.3 is 15.2 Å². The third kappa shape index (κ3) is 3.53. The number of anilines is 1. The molecule has 0 aliphatic rings. The summed E-state index contributed by atoms with van der Waals surface area (Å²) in [7, 11) is 1.43. The number of nitrogens with two attached hydrogens (primary N) is 1. The van der Waals surface area contributed by atoms with Crippen molar-refractivity contribution in [3.63, 3.8) is 0 Å². The molecule has 0 saturated carbocycles. The van der Waals surface area contributed by atoms with Crippen LogP contribution in [0.25, 0.3) is 0 Å². The van der Waals surface area contributed by atoms with Crippen LogP contribution in [0.4, 0.5) is 19.1 Å². The molecular formula is C13H12F3N3O2.